The van der Waals surface area contributed by atoms with E-state index in [1.807, 2.05) is 0 Å². The number of carbonyl (C=O) groups excluding carboxylic acids is 2. The van der Waals surface area contributed by atoms with Gasteiger partial charge >= 0.3 is 47.7 Å². The smallest absolute Gasteiger partial charge is 0.451 e. The van der Waals surface area contributed by atoms with Crippen LogP contribution < -0.4 is 0 Å². The molecule has 1 aromatic carbocycles. The van der Waals surface area contributed by atoms with Crippen molar-refractivity contribution in [1.82, 2.24) is 0 Å². The van der Waals surface area contributed by atoms with Crippen LogP contribution in [0.1, 0.15) is 13.8 Å². The van der Waals surface area contributed by atoms with Crippen LogP contribution in [-0.4, -0.2) is 59.3 Å². The number of rotatable bonds is 10. The van der Waals surface area contributed by atoms with Gasteiger partial charge in [0, 0.05) is 18.7 Å². The third-order valence-electron chi connectivity index (χ3n) is 4.13. The summed E-state index contributed by atoms with van der Waals surface area (Å²) in [4.78, 5) is 22.3. The third kappa shape index (κ3) is 5.61. The minimum absolute atomic E-state index is 0.156. The topological polar surface area (TPSA) is 52.6 Å². The van der Waals surface area contributed by atoms with Gasteiger partial charge in [0.15, 0.2) is 5.44 Å². The van der Waals surface area contributed by atoms with Crippen molar-refractivity contribution in [3.63, 3.8) is 0 Å². The fourth-order valence-electron chi connectivity index (χ4n) is 2.38. The molecule has 0 bridgehead atoms. The highest BCUT2D eigenvalue weighted by Crippen LogP contribution is 2.61. The number of thioether (sulfide) groups is 1. The number of hydrogen-bond donors (Lipinski definition) is 0. The number of esters is 2. The van der Waals surface area contributed by atoms with Gasteiger partial charge in [0.1, 0.15) is 0 Å². The lowest BCUT2D eigenvalue weighted by molar-refractivity contribution is -0.444. The van der Waals surface area contributed by atoms with Crippen molar-refractivity contribution in [2.45, 2.75) is 66.1 Å². The van der Waals surface area contributed by atoms with Crippen LogP contribution in [0.5, 0.6) is 0 Å². The summed E-state index contributed by atoms with van der Waals surface area (Å²) in [5.41, 5.74) is -2.91. The summed E-state index contributed by atoms with van der Waals surface area (Å²) in [5, 5.41) is 0. The Labute approximate surface area is 197 Å². The van der Waals surface area contributed by atoms with Crippen LogP contribution in [0.4, 0.5) is 57.1 Å². The minimum Gasteiger partial charge on any atom is -0.451 e. The third-order valence-corrected chi connectivity index (χ3v) is 5.25. The van der Waals surface area contributed by atoms with Crippen LogP contribution >= 0.6 is 11.8 Å². The summed E-state index contributed by atoms with van der Waals surface area (Å²) in [5.74, 6) is -42.3. The normalized spacial score (nSPS) is 15.8. The van der Waals surface area contributed by atoms with Crippen molar-refractivity contribution in [2.24, 2.45) is 0 Å². The van der Waals surface area contributed by atoms with E-state index in [1.54, 1.807) is 0 Å². The number of carbonyl (C=O) groups is 2. The monoisotopic (exact) mass is 572 g/mol. The molecule has 0 aliphatic rings. The standard InChI is InChI=1S/C18H13F13O4S/c1-8(32)34-11(12(35-9(2)33)36-10-6-4-3-5-7-10)13(19,20)14(21,22)15(23,24)16(25,26)17(27,28)18(29,30)31/h3-7,11-12H,1-2H3. The molecule has 1 rings (SSSR count). The molecule has 206 valence electrons. The average Bonchev–Trinajstić information content (AvgIpc) is 2.70. The van der Waals surface area contributed by atoms with Crippen LogP contribution in [-0.2, 0) is 19.1 Å². The lowest BCUT2D eigenvalue weighted by atomic mass is 9.91. The van der Waals surface area contributed by atoms with E-state index in [-0.39, 0.29) is 23.6 Å². The first-order valence-electron chi connectivity index (χ1n) is 8.97. The molecule has 0 spiro atoms. The zero-order valence-electron chi connectivity index (χ0n) is 17.5. The molecule has 1 aromatic rings. The Kier molecular flexibility index (Phi) is 8.93. The van der Waals surface area contributed by atoms with Gasteiger partial charge in [0.25, 0.3) is 0 Å². The van der Waals surface area contributed by atoms with Crippen LogP contribution in [0.25, 0.3) is 0 Å². The largest absolute Gasteiger partial charge is 0.460 e. The van der Waals surface area contributed by atoms with E-state index in [0.29, 0.717) is 6.92 Å². The molecule has 0 aliphatic carbocycles. The van der Waals surface area contributed by atoms with Gasteiger partial charge in [-0.1, -0.05) is 30.0 Å². The van der Waals surface area contributed by atoms with Crippen molar-refractivity contribution in [3.8, 4) is 0 Å². The molecular formula is C18H13F13O4S. The molecule has 0 aromatic heterocycles. The van der Waals surface area contributed by atoms with Gasteiger partial charge in [-0.05, 0) is 12.1 Å². The maximum atomic E-state index is 14.8. The maximum Gasteiger partial charge on any atom is 0.460 e. The van der Waals surface area contributed by atoms with Gasteiger partial charge in [0.05, 0.1) is 0 Å². The van der Waals surface area contributed by atoms with Gasteiger partial charge in [-0.25, -0.2) is 0 Å². The highest BCUT2D eigenvalue weighted by Gasteiger charge is 2.92. The molecule has 2 unspecified atom stereocenters. The van der Waals surface area contributed by atoms with Crippen molar-refractivity contribution >= 4 is 23.7 Å². The van der Waals surface area contributed by atoms with Crippen molar-refractivity contribution in [3.05, 3.63) is 30.3 Å². The lowest BCUT2D eigenvalue weighted by Gasteiger charge is -2.42. The van der Waals surface area contributed by atoms with Crippen molar-refractivity contribution in [1.29, 1.82) is 0 Å². The number of benzene rings is 1. The van der Waals surface area contributed by atoms with Gasteiger partial charge in [-0.3, -0.25) is 9.59 Å². The molecular weight excluding hydrogens is 559 g/mol. The molecule has 0 aliphatic heterocycles. The highest BCUT2D eigenvalue weighted by atomic mass is 32.2. The highest BCUT2D eigenvalue weighted by molar-refractivity contribution is 7.99. The Morgan fingerprint density at radius 3 is 1.47 bits per heavy atom. The molecule has 0 heterocycles. The first kappa shape index (κ1) is 31.6. The molecule has 0 saturated carbocycles. The zero-order chi connectivity index (χ0) is 28.5. The van der Waals surface area contributed by atoms with Crippen LogP contribution in [0, 0.1) is 0 Å². The van der Waals surface area contributed by atoms with E-state index < -0.39 is 59.3 Å². The van der Waals surface area contributed by atoms with Crippen LogP contribution in [0.2, 0.25) is 0 Å². The van der Waals surface area contributed by atoms with E-state index in [4.69, 9.17) is 0 Å². The van der Waals surface area contributed by atoms with E-state index in [1.165, 1.54) is 18.2 Å². The summed E-state index contributed by atoms with van der Waals surface area (Å²) >= 11 is -0.156. The molecule has 4 nitrogen and oxygen atoms in total. The Hall–Kier alpha value is -2.40. The molecule has 0 radical (unpaired) electrons. The number of halogens is 13. The zero-order valence-corrected chi connectivity index (χ0v) is 18.3. The Bertz CT molecular complexity index is 935. The van der Waals surface area contributed by atoms with Gasteiger partial charge in [-0.15, -0.1) is 0 Å². The summed E-state index contributed by atoms with van der Waals surface area (Å²) < 4.78 is 184. The lowest BCUT2D eigenvalue weighted by Crippen LogP contribution is -2.72. The van der Waals surface area contributed by atoms with Gasteiger partial charge in [0.2, 0.25) is 6.10 Å². The number of alkyl halides is 13. The molecule has 0 amide bonds. The molecule has 2 atom stereocenters. The SMILES string of the molecule is CC(=O)OC(Sc1ccccc1)C(OC(C)=O)C(F)(F)C(F)(F)C(F)(F)C(F)(F)C(F)(F)C(F)(F)F. The summed E-state index contributed by atoms with van der Waals surface area (Å²) in [6.45, 7) is 0.718. The fourth-order valence-corrected chi connectivity index (χ4v) is 3.50. The summed E-state index contributed by atoms with van der Waals surface area (Å²) in [7, 11) is 0. The summed E-state index contributed by atoms with van der Waals surface area (Å²) in [6.07, 6.45) is -11.7. The first-order chi connectivity index (χ1) is 15.9. The van der Waals surface area contributed by atoms with Gasteiger partial charge < -0.3 is 9.47 Å². The van der Waals surface area contributed by atoms with E-state index in [0.717, 1.165) is 12.1 Å². The second-order valence-electron chi connectivity index (χ2n) is 6.86. The Balaban J connectivity index is 3.73. The Morgan fingerprint density at radius 1 is 0.667 bits per heavy atom. The van der Waals surface area contributed by atoms with Crippen LogP contribution in [0.15, 0.2) is 35.2 Å². The molecule has 36 heavy (non-hydrogen) atoms. The van der Waals surface area contributed by atoms with E-state index in [9.17, 15) is 66.7 Å². The predicted octanol–water partition coefficient (Wildman–Crippen LogP) is 6.34. The number of ether oxygens (including phenoxy) is 2. The quantitative estimate of drug-likeness (QED) is 0.142. The molecule has 18 heteroatoms. The molecule has 0 fully saturated rings. The Morgan fingerprint density at radius 2 is 1.08 bits per heavy atom. The molecule has 0 saturated heterocycles. The van der Waals surface area contributed by atoms with Crippen molar-refractivity contribution in [2.75, 3.05) is 0 Å². The second kappa shape index (κ2) is 10.2. The van der Waals surface area contributed by atoms with Crippen molar-refractivity contribution < 1.29 is 76.1 Å². The second-order valence-corrected chi connectivity index (χ2v) is 8.03. The maximum absolute atomic E-state index is 14.8. The fraction of sp³-hybridized carbons (Fsp3) is 0.556. The van der Waals surface area contributed by atoms with E-state index >= 15 is 0 Å². The van der Waals surface area contributed by atoms with Gasteiger partial charge in [-0.2, -0.15) is 57.1 Å². The summed E-state index contributed by atoms with van der Waals surface area (Å²) in [6, 6.07) is 5.84. The van der Waals surface area contributed by atoms with Crippen LogP contribution in [0.3, 0.4) is 0 Å². The number of hydrogen-bond acceptors (Lipinski definition) is 5. The predicted molar refractivity (Wildman–Crippen MR) is 94.2 cm³/mol. The minimum atomic E-state index is -8.14. The average molecular weight is 572 g/mol. The first-order valence-corrected chi connectivity index (χ1v) is 9.85. The molecule has 0 N–H and O–H groups in total. The van der Waals surface area contributed by atoms with E-state index in [2.05, 4.69) is 9.47 Å².